The summed E-state index contributed by atoms with van der Waals surface area (Å²) < 4.78 is 38.9. The first kappa shape index (κ1) is 13.2. The van der Waals surface area contributed by atoms with Crippen LogP contribution in [0.5, 0.6) is 0 Å². The lowest BCUT2D eigenvalue weighted by Crippen LogP contribution is -2.49. The average Bonchev–Trinajstić information content (AvgIpc) is 2.85. The van der Waals surface area contributed by atoms with Crippen LogP contribution in [-0.2, 0) is 0 Å². The van der Waals surface area contributed by atoms with Crippen LogP contribution in [0.2, 0.25) is 0 Å². The van der Waals surface area contributed by atoms with Gasteiger partial charge in [-0.3, -0.25) is 4.90 Å². The summed E-state index contributed by atoms with van der Waals surface area (Å²) in [6.07, 6.45) is 1.39. The Hall–Kier alpha value is -1.76. The van der Waals surface area contributed by atoms with E-state index in [1.54, 1.807) is 6.20 Å². The van der Waals surface area contributed by atoms with Crippen molar-refractivity contribution in [2.75, 3.05) is 37.6 Å². The molecule has 7 heteroatoms. The summed E-state index contributed by atoms with van der Waals surface area (Å²) in [5.74, 6) is 0. The first-order valence-electron chi connectivity index (χ1n) is 6.48. The third-order valence-corrected chi connectivity index (χ3v) is 3.52. The second-order valence-corrected chi connectivity index (χ2v) is 4.96. The number of rotatable bonds is 2. The van der Waals surface area contributed by atoms with Crippen LogP contribution in [0.1, 0.15) is 0 Å². The first-order valence-corrected chi connectivity index (χ1v) is 6.48. The Kier molecular flexibility index (Phi) is 3.29. The van der Waals surface area contributed by atoms with Gasteiger partial charge in [-0.1, -0.05) is 0 Å². The van der Waals surface area contributed by atoms with E-state index in [4.69, 9.17) is 0 Å². The fraction of sp³-hybridized carbons (Fsp3) is 0.462. The molecule has 2 aromatic heterocycles. The molecule has 108 valence electrons. The lowest BCUT2D eigenvalue weighted by Gasteiger charge is -2.36. The van der Waals surface area contributed by atoms with Gasteiger partial charge in [0, 0.05) is 56.5 Å². The Morgan fingerprint density at radius 3 is 2.55 bits per heavy atom. The predicted molar refractivity (Wildman–Crippen MR) is 69.9 cm³/mol. The highest BCUT2D eigenvalue weighted by atomic mass is 19.4. The highest BCUT2D eigenvalue weighted by molar-refractivity contribution is 5.56. The standard InChI is InChI=1S/C13H15F3N4/c14-13(15,16)10-18-5-7-19(8-6-18)11-1-3-20-4-2-17-12(20)9-11/h1-4,9H,5-8,10H2. The summed E-state index contributed by atoms with van der Waals surface area (Å²) in [4.78, 5) is 7.76. The van der Waals surface area contributed by atoms with Crippen LogP contribution >= 0.6 is 0 Å². The third-order valence-electron chi connectivity index (χ3n) is 3.52. The van der Waals surface area contributed by atoms with E-state index in [0.717, 1.165) is 11.3 Å². The first-order chi connectivity index (χ1) is 9.51. The van der Waals surface area contributed by atoms with Gasteiger partial charge in [-0.05, 0) is 6.07 Å². The molecule has 1 saturated heterocycles. The molecular weight excluding hydrogens is 269 g/mol. The summed E-state index contributed by atoms with van der Waals surface area (Å²) >= 11 is 0. The van der Waals surface area contributed by atoms with Gasteiger partial charge in [0.1, 0.15) is 5.65 Å². The van der Waals surface area contributed by atoms with Crippen molar-refractivity contribution in [1.29, 1.82) is 0 Å². The lowest BCUT2D eigenvalue weighted by molar-refractivity contribution is -0.146. The summed E-state index contributed by atoms with van der Waals surface area (Å²) in [6, 6.07) is 3.92. The molecule has 0 aliphatic carbocycles. The number of pyridine rings is 1. The van der Waals surface area contributed by atoms with E-state index in [1.807, 2.05) is 28.9 Å². The minimum atomic E-state index is -4.11. The van der Waals surface area contributed by atoms with Gasteiger partial charge in [0.2, 0.25) is 0 Å². The zero-order valence-corrected chi connectivity index (χ0v) is 10.8. The number of halogens is 3. The Balaban J connectivity index is 1.65. The van der Waals surface area contributed by atoms with E-state index in [9.17, 15) is 13.2 Å². The Labute approximate surface area is 114 Å². The van der Waals surface area contributed by atoms with Crippen molar-refractivity contribution in [1.82, 2.24) is 14.3 Å². The zero-order chi connectivity index (χ0) is 14.2. The minimum Gasteiger partial charge on any atom is -0.369 e. The summed E-state index contributed by atoms with van der Waals surface area (Å²) in [6.45, 7) is 1.25. The normalized spacial score (nSPS) is 17.9. The van der Waals surface area contributed by atoms with Gasteiger partial charge < -0.3 is 9.30 Å². The molecule has 1 fully saturated rings. The number of hydrogen-bond donors (Lipinski definition) is 0. The molecule has 0 atom stereocenters. The Morgan fingerprint density at radius 1 is 1.10 bits per heavy atom. The number of hydrogen-bond acceptors (Lipinski definition) is 3. The van der Waals surface area contributed by atoms with Crippen molar-refractivity contribution in [2.24, 2.45) is 0 Å². The summed E-state index contributed by atoms with van der Waals surface area (Å²) in [7, 11) is 0. The molecule has 3 heterocycles. The van der Waals surface area contributed by atoms with Crippen molar-refractivity contribution in [3.05, 3.63) is 30.7 Å². The maximum atomic E-state index is 12.3. The van der Waals surface area contributed by atoms with E-state index in [-0.39, 0.29) is 0 Å². The topological polar surface area (TPSA) is 23.8 Å². The largest absolute Gasteiger partial charge is 0.401 e. The van der Waals surface area contributed by atoms with Crippen molar-refractivity contribution >= 4 is 11.3 Å². The fourth-order valence-corrected chi connectivity index (χ4v) is 2.51. The van der Waals surface area contributed by atoms with E-state index in [0.29, 0.717) is 26.2 Å². The van der Waals surface area contributed by atoms with Crippen LogP contribution in [0.15, 0.2) is 30.7 Å². The molecule has 2 aromatic rings. The van der Waals surface area contributed by atoms with Crippen molar-refractivity contribution in [3.63, 3.8) is 0 Å². The van der Waals surface area contributed by atoms with Gasteiger partial charge in [0.05, 0.1) is 6.54 Å². The van der Waals surface area contributed by atoms with Crippen molar-refractivity contribution in [3.8, 4) is 0 Å². The van der Waals surface area contributed by atoms with E-state index >= 15 is 0 Å². The van der Waals surface area contributed by atoms with E-state index < -0.39 is 12.7 Å². The molecule has 0 amide bonds. The molecule has 20 heavy (non-hydrogen) atoms. The number of aromatic nitrogens is 2. The smallest absolute Gasteiger partial charge is 0.369 e. The quantitative estimate of drug-likeness (QED) is 0.843. The van der Waals surface area contributed by atoms with Gasteiger partial charge >= 0.3 is 6.18 Å². The molecule has 1 aliphatic rings. The van der Waals surface area contributed by atoms with Gasteiger partial charge in [-0.25, -0.2) is 4.98 Å². The maximum absolute atomic E-state index is 12.3. The average molecular weight is 284 g/mol. The Bertz CT molecular complexity index is 585. The van der Waals surface area contributed by atoms with Crippen LogP contribution in [-0.4, -0.2) is 53.2 Å². The van der Waals surface area contributed by atoms with Crippen LogP contribution in [0.4, 0.5) is 18.9 Å². The van der Waals surface area contributed by atoms with Gasteiger partial charge in [-0.15, -0.1) is 0 Å². The molecule has 0 saturated carbocycles. The number of piperazine rings is 1. The van der Waals surface area contributed by atoms with Crippen LogP contribution in [0.25, 0.3) is 5.65 Å². The van der Waals surface area contributed by atoms with Crippen molar-refractivity contribution in [2.45, 2.75) is 6.18 Å². The molecule has 3 rings (SSSR count). The lowest BCUT2D eigenvalue weighted by atomic mass is 10.2. The third kappa shape index (κ3) is 2.87. The minimum absolute atomic E-state index is 0.430. The van der Waals surface area contributed by atoms with Gasteiger partial charge in [0.15, 0.2) is 0 Å². The molecule has 0 N–H and O–H groups in total. The number of imidazole rings is 1. The number of nitrogens with zero attached hydrogens (tertiary/aromatic N) is 4. The second kappa shape index (κ2) is 4.97. The van der Waals surface area contributed by atoms with Gasteiger partial charge in [0.25, 0.3) is 0 Å². The molecule has 4 nitrogen and oxygen atoms in total. The molecule has 0 bridgehead atoms. The zero-order valence-electron chi connectivity index (χ0n) is 10.8. The number of fused-ring (bicyclic) bond motifs is 1. The highest BCUT2D eigenvalue weighted by Crippen LogP contribution is 2.21. The molecule has 0 radical (unpaired) electrons. The van der Waals surface area contributed by atoms with E-state index in [1.165, 1.54) is 4.90 Å². The van der Waals surface area contributed by atoms with E-state index in [2.05, 4.69) is 9.88 Å². The van der Waals surface area contributed by atoms with Gasteiger partial charge in [-0.2, -0.15) is 13.2 Å². The number of anilines is 1. The second-order valence-electron chi connectivity index (χ2n) is 4.96. The predicted octanol–water partition coefficient (Wildman–Crippen LogP) is 2.02. The SMILES string of the molecule is FC(F)(F)CN1CCN(c2ccn3ccnc3c2)CC1. The van der Waals surface area contributed by atoms with Crippen LogP contribution in [0.3, 0.4) is 0 Å². The highest BCUT2D eigenvalue weighted by Gasteiger charge is 2.32. The van der Waals surface area contributed by atoms with Crippen LogP contribution < -0.4 is 4.90 Å². The molecule has 0 unspecified atom stereocenters. The molecule has 1 aliphatic heterocycles. The maximum Gasteiger partial charge on any atom is 0.401 e. The number of alkyl halides is 3. The summed E-state index contributed by atoms with van der Waals surface area (Å²) in [5.41, 5.74) is 1.86. The monoisotopic (exact) mass is 284 g/mol. The van der Waals surface area contributed by atoms with Crippen molar-refractivity contribution < 1.29 is 13.2 Å². The molecule has 0 aromatic carbocycles. The molecular formula is C13H15F3N4. The fourth-order valence-electron chi connectivity index (χ4n) is 2.51. The van der Waals surface area contributed by atoms with Crippen LogP contribution in [0, 0.1) is 0 Å². The Morgan fingerprint density at radius 2 is 1.85 bits per heavy atom. The molecule has 0 spiro atoms. The summed E-state index contributed by atoms with van der Waals surface area (Å²) in [5, 5.41) is 0.